The molecule has 3 aromatic rings. The fourth-order valence-corrected chi connectivity index (χ4v) is 6.81. The summed E-state index contributed by atoms with van der Waals surface area (Å²) < 4.78 is 20.0. The number of morpholine rings is 2. The van der Waals surface area contributed by atoms with Crippen LogP contribution in [0.4, 0.5) is 11.4 Å². The lowest BCUT2D eigenvalue weighted by Crippen LogP contribution is -2.39. The normalized spacial score (nSPS) is 15.5. The van der Waals surface area contributed by atoms with E-state index in [1.54, 1.807) is 38.1 Å². The summed E-state index contributed by atoms with van der Waals surface area (Å²) in [7, 11) is 0. The van der Waals surface area contributed by atoms with Gasteiger partial charge in [0, 0.05) is 64.1 Å². The minimum absolute atomic E-state index is 0.0523. The Kier molecular flexibility index (Phi) is 8.51. The second kappa shape index (κ2) is 13.1. The first kappa shape index (κ1) is 31.3. The molecule has 0 saturated carbocycles. The van der Waals surface area contributed by atoms with Crippen molar-refractivity contribution in [3.8, 4) is 22.5 Å². The van der Waals surface area contributed by atoms with Gasteiger partial charge in [-0.05, 0) is 66.9 Å². The zero-order chi connectivity index (χ0) is 33.4. The van der Waals surface area contributed by atoms with Crippen LogP contribution in [-0.4, -0.2) is 63.5 Å². The molecule has 0 aromatic heterocycles. The number of carbonyl (C=O) groups excluding carboxylic acids is 1. The van der Waals surface area contributed by atoms with E-state index >= 15 is 0 Å². The maximum atomic E-state index is 12.7. The van der Waals surface area contributed by atoms with Crippen LogP contribution in [0.2, 0.25) is 0 Å². The van der Waals surface area contributed by atoms with E-state index in [4.69, 9.17) is 13.9 Å². The summed E-state index contributed by atoms with van der Waals surface area (Å²) in [4.78, 5) is 26.1. The number of carboxylic acid groups (broad SMARTS) is 1. The summed E-state index contributed by atoms with van der Waals surface area (Å²) in [6.45, 7) is 9.12. The quantitative estimate of drug-likeness (QED) is 0.0841. The monoisotopic (exact) mass is 645 g/mol. The van der Waals surface area contributed by atoms with Crippen molar-refractivity contribution in [1.29, 1.82) is 0 Å². The minimum Gasteiger partial charge on any atom is -0.545 e. The van der Waals surface area contributed by atoms with Crippen LogP contribution < -0.4 is 19.9 Å². The van der Waals surface area contributed by atoms with E-state index in [9.17, 15) is 20.0 Å². The third-order valence-corrected chi connectivity index (χ3v) is 9.14. The number of nitro groups is 1. The van der Waals surface area contributed by atoms with Crippen molar-refractivity contribution in [2.24, 2.45) is 0 Å². The fraction of sp³-hybridized carbons (Fsp3) is 0.263. The molecule has 3 aliphatic heterocycles. The number of carbonyl (C=O) groups is 1. The third kappa shape index (κ3) is 6.08. The first-order valence-electron chi connectivity index (χ1n) is 16.1. The van der Waals surface area contributed by atoms with E-state index in [0.717, 1.165) is 59.3 Å². The molecule has 2 fully saturated rings. The van der Waals surface area contributed by atoms with Gasteiger partial charge in [0.1, 0.15) is 24.6 Å². The van der Waals surface area contributed by atoms with Crippen molar-refractivity contribution < 1.29 is 28.7 Å². The first-order chi connectivity index (χ1) is 23.3. The first-order valence-corrected chi connectivity index (χ1v) is 16.1. The van der Waals surface area contributed by atoms with Crippen LogP contribution in [0.15, 0.2) is 71.1 Å². The van der Waals surface area contributed by atoms with Gasteiger partial charge < -0.3 is 28.7 Å². The van der Waals surface area contributed by atoms with Crippen molar-refractivity contribution in [2.45, 2.75) is 13.8 Å². The van der Waals surface area contributed by atoms with Gasteiger partial charge in [-0.15, -0.1) is 0 Å². The predicted molar refractivity (Wildman–Crippen MR) is 183 cm³/mol. The Morgan fingerprint density at radius 1 is 0.833 bits per heavy atom. The van der Waals surface area contributed by atoms with Gasteiger partial charge in [-0.25, -0.2) is 4.58 Å². The van der Waals surface area contributed by atoms with E-state index in [-0.39, 0.29) is 16.2 Å². The standard InChI is InChI=1S/C38H35N3O7/c1-24-19-27(20-25(2)37(24)41(44)45)4-3-26-5-8-30(33(21-26)38(42)43)36-31-9-6-28(39-11-15-46-16-12-39)22-34(31)48-35-23-29(7-10-32(35)36)40-13-17-47-18-14-40/h3-10,19-23H,11-18H2,1-2H3/b4-3-. The van der Waals surface area contributed by atoms with E-state index in [1.807, 2.05) is 54.6 Å². The molecule has 3 aromatic carbocycles. The number of hydrogen-bond acceptors (Lipinski definition) is 8. The molecule has 0 unspecified atom stereocenters. The third-order valence-electron chi connectivity index (χ3n) is 9.14. The van der Waals surface area contributed by atoms with E-state index < -0.39 is 5.97 Å². The van der Waals surface area contributed by atoms with E-state index in [0.29, 0.717) is 60.0 Å². The molecule has 7 rings (SSSR count). The largest absolute Gasteiger partial charge is 0.545 e. The number of nitro benzene ring substituents is 1. The van der Waals surface area contributed by atoms with Crippen LogP contribution in [-0.2, 0) is 9.47 Å². The summed E-state index contributed by atoms with van der Waals surface area (Å²) >= 11 is 0. The predicted octanol–water partition coefficient (Wildman–Crippen LogP) is 4.90. The number of anilines is 1. The second-order valence-corrected chi connectivity index (χ2v) is 12.2. The molecule has 244 valence electrons. The summed E-state index contributed by atoms with van der Waals surface area (Å²) in [5.41, 5.74) is 6.45. The van der Waals surface area contributed by atoms with Crippen LogP contribution in [0.3, 0.4) is 0 Å². The Hall–Kier alpha value is -5.32. The minimum atomic E-state index is -1.29. The lowest BCUT2D eigenvalue weighted by Gasteiger charge is -2.29. The summed E-state index contributed by atoms with van der Waals surface area (Å²) in [6.07, 6.45) is 3.63. The number of hydrogen-bond donors (Lipinski definition) is 0. The Balaban J connectivity index is 1.37. The van der Waals surface area contributed by atoms with Gasteiger partial charge in [-0.1, -0.05) is 24.3 Å². The van der Waals surface area contributed by atoms with Gasteiger partial charge in [0.05, 0.1) is 30.2 Å². The molecule has 0 bridgehead atoms. The molecule has 3 heterocycles. The maximum Gasteiger partial charge on any atom is 0.275 e. The highest BCUT2D eigenvalue weighted by molar-refractivity contribution is 6.07. The maximum absolute atomic E-state index is 12.7. The van der Waals surface area contributed by atoms with Gasteiger partial charge in [0.25, 0.3) is 5.69 Å². The van der Waals surface area contributed by atoms with Crippen molar-refractivity contribution in [3.05, 3.63) is 110 Å². The summed E-state index contributed by atoms with van der Waals surface area (Å²) in [5, 5.41) is 26.0. The van der Waals surface area contributed by atoms with Gasteiger partial charge in [0.15, 0.2) is 13.1 Å². The van der Waals surface area contributed by atoms with Crippen LogP contribution in [0.5, 0.6) is 0 Å². The zero-order valence-corrected chi connectivity index (χ0v) is 26.9. The Morgan fingerprint density at radius 3 is 2.23 bits per heavy atom. The van der Waals surface area contributed by atoms with Crippen LogP contribution >= 0.6 is 0 Å². The van der Waals surface area contributed by atoms with Gasteiger partial charge in [0.2, 0.25) is 5.36 Å². The van der Waals surface area contributed by atoms with Gasteiger partial charge in [-0.3, -0.25) is 10.1 Å². The van der Waals surface area contributed by atoms with Crippen LogP contribution in [0.1, 0.15) is 32.6 Å². The van der Waals surface area contributed by atoms with Crippen LogP contribution in [0, 0.1) is 24.0 Å². The average molecular weight is 646 g/mol. The molecule has 0 radical (unpaired) electrons. The number of nitrogens with zero attached hydrogens (tertiary/aromatic N) is 3. The lowest BCUT2D eigenvalue weighted by atomic mass is 9.89. The van der Waals surface area contributed by atoms with Crippen LogP contribution in [0.25, 0.3) is 45.6 Å². The molecule has 2 saturated heterocycles. The highest BCUT2D eigenvalue weighted by atomic mass is 16.6. The molecule has 1 aliphatic carbocycles. The smallest absolute Gasteiger partial charge is 0.275 e. The fourth-order valence-electron chi connectivity index (χ4n) is 6.81. The number of ether oxygens (including phenoxy) is 2. The molecule has 0 amide bonds. The molecule has 10 nitrogen and oxygen atoms in total. The molecule has 4 aliphatic rings. The van der Waals surface area contributed by atoms with Crippen molar-refractivity contribution in [3.63, 3.8) is 0 Å². The summed E-state index contributed by atoms with van der Waals surface area (Å²) in [6, 6.07) is 20.9. The van der Waals surface area contributed by atoms with Gasteiger partial charge >= 0.3 is 0 Å². The second-order valence-electron chi connectivity index (χ2n) is 12.2. The van der Waals surface area contributed by atoms with Crippen molar-refractivity contribution in [1.82, 2.24) is 4.58 Å². The number of rotatable bonds is 6. The number of fused-ring (bicyclic) bond motifs is 2. The molecule has 0 N–H and O–H groups in total. The lowest BCUT2D eigenvalue weighted by molar-refractivity contribution is -0.386. The van der Waals surface area contributed by atoms with E-state index in [1.165, 1.54) is 0 Å². The molecule has 0 spiro atoms. The highest BCUT2D eigenvalue weighted by Crippen LogP contribution is 2.42. The molecule has 48 heavy (non-hydrogen) atoms. The number of aryl methyl sites for hydroxylation is 2. The van der Waals surface area contributed by atoms with Crippen molar-refractivity contribution >= 4 is 40.5 Å². The van der Waals surface area contributed by atoms with E-state index in [2.05, 4.69) is 9.48 Å². The SMILES string of the molecule is Cc1cc(/C=C\c2ccc(-c3c4ccc(=[N+]5CCOCC5)cc-4oc4cc(N5CCOCC5)ccc34)c(C(=O)[O-])c2)cc(C)c1[N+](=O)[O-]. The summed E-state index contributed by atoms with van der Waals surface area (Å²) in [5.74, 6) is -0.642. The average Bonchev–Trinajstić information content (AvgIpc) is 3.09. The molecule has 0 atom stereocenters. The topological polar surface area (TPSA) is 121 Å². The molecular formula is C38H35N3O7. The highest BCUT2D eigenvalue weighted by Gasteiger charge is 2.23. The Labute approximate surface area is 277 Å². The molecule has 10 heteroatoms. The number of benzene rings is 4. The molecular weight excluding hydrogens is 610 g/mol. The Bertz CT molecular complexity index is 2110. The zero-order valence-electron chi connectivity index (χ0n) is 26.9. The van der Waals surface area contributed by atoms with Crippen molar-refractivity contribution in [2.75, 3.05) is 57.5 Å². The van der Waals surface area contributed by atoms with Gasteiger partial charge in [-0.2, -0.15) is 0 Å². The Morgan fingerprint density at radius 2 is 1.52 bits per heavy atom. The number of aromatic carboxylic acids is 1. The number of carboxylic acids is 1.